The zero-order valence-corrected chi connectivity index (χ0v) is 11.1. The van der Waals surface area contributed by atoms with Gasteiger partial charge in [-0.25, -0.2) is 39.6 Å². The molecule has 0 radical (unpaired) electrons. The van der Waals surface area contributed by atoms with Crippen molar-refractivity contribution in [2.24, 2.45) is 0 Å². The van der Waals surface area contributed by atoms with Gasteiger partial charge >= 0.3 is 12.1 Å². The van der Waals surface area contributed by atoms with Gasteiger partial charge in [-0.05, 0) is 10.0 Å². The third-order valence-corrected chi connectivity index (χ3v) is 3.13. The summed E-state index contributed by atoms with van der Waals surface area (Å²) in [5.41, 5.74) is 0. The SMILES string of the molecule is CC(=O)N1C(=O)N([N+](=O)[O-])C2C1N([N+](=O)[O-])C(=O)N2C(C)=O. The van der Waals surface area contributed by atoms with Crippen molar-refractivity contribution in [2.75, 3.05) is 0 Å². The number of imide groups is 2. The summed E-state index contributed by atoms with van der Waals surface area (Å²) < 4.78 is 0. The first-order chi connectivity index (χ1) is 10.1. The third-order valence-electron chi connectivity index (χ3n) is 3.13. The second-order valence-corrected chi connectivity index (χ2v) is 4.34. The second-order valence-electron chi connectivity index (χ2n) is 4.34. The number of hydrogen-bond acceptors (Lipinski definition) is 8. The van der Waals surface area contributed by atoms with E-state index in [1.165, 1.54) is 0 Å². The van der Waals surface area contributed by atoms with Crippen LogP contribution in [-0.2, 0) is 9.59 Å². The first kappa shape index (κ1) is 15.1. The molecule has 2 saturated heterocycles. The van der Waals surface area contributed by atoms with Crippen LogP contribution in [0.15, 0.2) is 0 Å². The van der Waals surface area contributed by atoms with Crippen LogP contribution in [0.4, 0.5) is 9.59 Å². The van der Waals surface area contributed by atoms with E-state index >= 15 is 0 Å². The van der Waals surface area contributed by atoms with Crippen LogP contribution >= 0.6 is 0 Å². The van der Waals surface area contributed by atoms with E-state index in [4.69, 9.17) is 0 Å². The Labute approximate surface area is 120 Å². The Bertz CT molecular complexity index is 530. The molecule has 6 amide bonds. The van der Waals surface area contributed by atoms with Crippen LogP contribution in [0.2, 0.25) is 0 Å². The number of rotatable bonds is 2. The molecule has 0 saturated carbocycles. The fraction of sp³-hybridized carbons (Fsp3) is 0.500. The van der Waals surface area contributed by atoms with Gasteiger partial charge in [0.25, 0.3) is 0 Å². The Morgan fingerprint density at radius 2 is 1.14 bits per heavy atom. The topological polar surface area (TPSA) is 168 Å². The maximum atomic E-state index is 11.9. The Hall–Kier alpha value is -3.32. The van der Waals surface area contributed by atoms with Crippen molar-refractivity contribution >= 4 is 23.9 Å². The number of hydrazine groups is 2. The molecule has 2 atom stereocenters. The molecule has 2 aliphatic heterocycles. The maximum absolute atomic E-state index is 11.9. The van der Waals surface area contributed by atoms with Crippen molar-refractivity contribution in [1.82, 2.24) is 19.8 Å². The van der Waals surface area contributed by atoms with E-state index in [1.807, 2.05) is 0 Å². The number of nitrogens with zero attached hydrogens (tertiary/aromatic N) is 6. The van der Waals surface area contributed by atoms with Crippen LogP contribution in [0.1, 0.15) is 13.8 Å². The van der Waals surface area contributed by atoms with Gasteiger partial charge in [0, 0.05) is 13.8 Å². The van der Waals surface area contributed by atoms with Crippen molar-refractivity contribution in [3.63, 3.8) is 0 Å². The van der Waals surface area contributed by atoms with Crippen molar-refractivity contribution in [2.45, 2.75) is 26.2 Å². The molecule has 118 valence electrons. The molecule has 2 aliphatic rings. The van der Waals surface area contributed by atoms with E-state index in [0.29, 0.717) is 0 Å². The summed E-state index contributed by atoms with van der Waals surface area (Å²) in [4.78, 5) is 69.3. The number of hydrogen-bond donors (Lipinski definition) is 0. The summed E-state index contributed by atoms with van der Waals surface area (Å²) in [6.07, 6.45) is -3.83. The van der Waals surface area contributed by atoms with Gasteiger partial charge in [-0.3, -0.25) is 9.59 Å². The zero-order valence-electron chi connectivity index (χ0n) is 11.1. The molecule has 2 rings (SSSR count). The van der Waals surface area contributed by atoms with E-state index in [2.05, 4.69) is 0 Å². The number of nitro groups is 2. The van der Waals surface area contributed by atoms with Crippen LogP contribution in [0, 0.1) is 20.2 Å². The summed E-state index contributed by atoms with van der Waals surface area (Å²) in [6.45, 7) is 1.69. The molecule has 0 spiro atoms. The van der Waals surface area contributed by atoms with E-state index in [0.717, 1.165) is 13.8 Å². The minimum atomic E-state index is -1.92. The van der Waals surface area contributed by atoms with Crippen LogP contribution in [-0.4, -0.2) is 66.1 Å². The molecule has 0 N–H and O–H groups in total. The normalized spacial score (nSPS) is 23.9. The summed E-state index contributed by atoms with van der Waals surface area (Å²) in [6, 6.07) is -2.95. The Balaban J connectivity index is 2.66. The minimum Gasteiger partial charge on any atom is -0.275 e. The van der Waals surface area contributed by atoms with Crippen LogP contribution < -0.4 is 0 Å². The smallest absolute Gasteiger partial charge is 0.275 e. The lowest BCUT2D eigenvalue weighted by atomic mass is 10.3. The highest BCUT2D eigenvalue weighted by molar-refractivity contribution is 6.01. The average molecular weight is 316 g/mol. The maximum Gasteiger partial charge on any atom is 0.389 e. The minimum absolute atomic E-state index is 0.158. The zero-order chi connectivity index (χ0) is 16.9. The molecule has 0 aromatic heterocycles. The van der Waals surface area contributed by atoms with Gasteiger partial charge in [0.15, 0.2) is 10.1 Å². The molecular weight excluding hydrogens is 308 g/mol. The lowest BCUT2D eigenvalue weighted by Gasteiger charge is -2.18. The molecule has 0 aromatic carbocycles. The fourth-order valence-electron chi connectivity index (χ4n) is 2.39. The Morgan fingerprint density at radius 1 is 0.864 bits per heavy atom. The molecule has 2 heterocycles. The molecule has 22 heavy (non-hydrogen) atoms. The molecule has 14 nitrogen and oxygen atoms in total. The summed E-state index contributed by atoms with van der Waals surface area (Å²) in [7, 11) is 0. The molecule has 2 fully saturated rings. The van der Waals surface area contributed by atoms with Crippen LogP contribution in [0.25, 0.3) is 0 Å². The van der Waals surface area contributed by atoms with Gasteiger partial charge in [0.1, 0.15) is 0 Å². The first-order valence-electron chi connectivity index (χ1n) is 5.65. The number of fused-ring (bicyclic) bond motifs is 1. The van der Waals surface area contributed by atoms with Crippen molar-refractivity contribution in [3.8, 4) is 0 Å². The molecule has 0 aliphatic carbocycles. The van der Waals surface area contributed by atoms with E-state index in [1.54, 1.807) is 0 Å². The van der Waals surface area contributed by atoms with Gasteiger partial charge in [-0.1, -0.05) is 0 Å². The van der Waals surface area contributed by atoms with E-state index < -0.39 is 46.3 Å². The third kappa shape index (κ3) is 1.73. The van der Waals surface area contributed by atoms with E-state index in [9.17, 15) is 39.4 Å². The second kappa shape index (κ2) is 4.61. The van der Waals surface area contributed by atoms with Crippen LogP contribution in [0.5, 0.6) is 0 Å². The monoisotopic (exact) mass is 316 g/mol. The largest absolute Gasteiger partial charge is 0.389 e. The van der Waals surface area contributed by atoms with Gasteiger partial charge in [-0.15, -0.1) is 0 Å². The predicted octanol–water partition coefficient (Wildman–Crippen LogP) is -1.41. The number of carbonyl (C=O) groups is 4. The molecular formula is C8H8N6O8. The quantitative estimate of drug-likeness (QED) is 0.442. The van der Waals surface area contributed by atoms with Gasteiger partial charge in [0.2, 0.25) is 24.1 Å². The predicted molar refractivity (Wildman–Crippen MR) is 61.1 cm³/mol. The summed E-state index contributed by atoms with van der Waals surface area (Å²) in [5, 5.41) is 19.2. The molecule has 0 bridgehead atoms. The fourth-order valence-corrected chi connectivity index (χ4v) is 2.39. The number of carbonyl (C=O) groups excluding carboxylic acids is 4. The molecule has 14 heteroatoms. The lowest BCUT2D eigenvalue weighted by molar-refractivity contribution is -0.653. The lowest BCUT2D eigenvalue weighted by Crippen LogP contribution is -2.51. The average Bonchev–Trinajstić information content (AvgIpc) is 2.76. The molecule has 2 unspecified atom stereocenters. The summed E-state index contributed by atoms with van der Waals surface area (Å²) >= 11 is 0. The highest BCUT2D eigenvalue weighted by atomic mass is 16.7. The van der Waals surface area contributed by atoms with Crippen molar-refractivity contribution < 1.29 is 29.2 Å². The van der Waals surface area contributed by atoms with Gasteiger partial charge in [-0.2, -0.15) is 0 Å². The molecule has 0 aromatic rings. The van der Waals surface area contributed by atoms with Crippen molar-refractivity contribution in [1.29, 1.82) is 0 Å². The highest BCUT2D eigenvalue weighted by Gasteiger charge is 2.71. The summed E-state index contributed by atoms with van der Waals surface area (Å²) in [5.74, 6) is -2.09. The Morgan fingerprint density at radius 3 is 1.32 bits per heavy atom. The first-order valence-corrected chi connectivity index (χ1v) is 5.65. The highest BCUT2D eigenvalue weighted by Crippen LogP contribution is 2.35. The standard InChI is InChI=1S/C8H8N6O8/c1-3(15)9-5-6(12(7(9)17)14(21)22)10(4(2)16)8(18)11(5)13(19)20/h5-6H,1-2H3. The van der Waals surface area contributed by atoms with Crippen LogP contribution in [0.3, 0.4) is 0 Å². The van der Waals surface area contributed by atoms with Gasteiger partial charge in [0.05, 0.1) is 0 Å². The number of urea groups is 2. The van der Waals surface area contributed by atoms with Crippen molar-refractivity contribution in [3.05, 3.63) is 20.2 Å². The Kier molecular flexibility index (Phi) is 3.16. The van der Waals surface area contributed by atoms with Gasteiger partial charge < -0.3 is 0 Å². The van der Waals surface area contributed by atoms with E-state index in [-0.39, 0.29) is 19.8 Å². The number of amides is 6.